The van der Waals surface area contributed by atoms with Crippen LogP contribution in [0.25, 0.3) is 0 Å². The Balaban J connectivity index is 1.74. The summed E-state index contributed by atoms with van der Waals surface area (Å²) in [6.07, 6.45) is 4.06. The predicted molar refractivity (Wildman–Crippen MR) is 89.5 cm³/mol. The van der Waals surface area contributed by atoms with Gasteiger partial charge in [-0.15, -0.1) is 0 Å². The Hall–Kier alpha value is -0.860. The van der Waals surface area contributed by atoms with Crippen LogP contribution in [0.3, 0.4) is 0 Å². The van der Waals surface area contributed by atoms with Gasteiger partial charge in [0.15, 0.2) is 0 Å². The molecule has 1 aromatic carbocycles. The van der Waals surface area contributed by atoms with E-state index in [0.29, 0.717) is 11.6 Å². The molecule has 21 heavy (non-hydrogen) atoms. The van der Waals surface area contributed by atoms with Crippen LogP contribution in [0.4, 0.5) is 0 Å². The second-order valence-electron chi connectivity index (χ2n) is 7.46. The first kappa shape index (κ1) is 15.1. The van der Waals surface area contributed by atoms with Crippen molar-refractivity contribution in [3.8, 4) is 0 Å². The zero-order chi connectivity index (χ0) is 15.0. The molecule has 1 saturated heterocycles. The van der Waals surface area contributed by atoms with E-state index in [9.17, 15) is 0 Å². The van der Waals surface area contributed by atoms with Crippen molar-refractivity contribution < 1.29 is 0 Å². The van der Waals surface area contributed by atoms with Gasteiger partial charge in [-0.05, 0) is 62.6 Å². The fourth-order valence-corrected chi connectivity index (χ4v) is 3.80. The van der Waals surface area contributed by atoms with Crippen molar-refractivity contribution in [1.29, 1.82) is 0 Å². The van der Waals surface area contributed by atoms with Crippen LogP contribution in [0.2, 0.25) is 0 Å². The van der Waals surface area contributed by atoms with Crippen molar-refractivity contribution in [1.82, 2.24) is 10.2 Å². The van der Waals surface area contributed by atoms with Crippen molar-refractivity contribution in [3.05, 3.63) is 34.9 Å². The van der Waals surface area contributed by atoms with Gasteiger partial charge in [-0.2, -0.15) is 0 Å². The molecule has 2 aliphatic rings. The number of aryl methyl sites for hydroxylation is 2. The summed E-state index contributed by atoms with van der Waals surface area (Å²) in [5.74, 6) is 0.901. The molecule has 116 valence electrons. The molecule has 0 spiro atoms. The highest BCUT2D eigenvalue weighted by Crippen LogP contribution is 2.41. The normalized spacial score (nSPS) is 30.6. The maximum Gasteiger partial charge on any atom is 0.0309 e. The topological polar surface area (TPSA) is 15.3 Å². The van der Waals surface area contributed by atoms with Gasteiger partial charge in [-0.1, -0.05) is 25.1 Å². The van der Waals surface area contributed by atoms with Crippen LogP contribution in [0.15, 0.2) is 18.2 Å². The van der Waals surface area contributed by atoms with E-state index in [1.165, 1.54) is 42.5 Å². The van der Waals surface area contributed by atoms with E-state index in [4.69, 9.17) is 0 Å². The Morgan fingerprint density at radius 2 is 2.00 bits per heavy atom. The first-order valence-electron chi connectivity index (χ1n) is 8.57. The smallest absolute Gasteiger partial charge is 0.0309 e. The molecule has 0 aromatic heterocycles. The molecule has 0 bridgehead atoms. The molecule has 0 radical (unpaired) electrons. The third-order valence-corrected chi connectivity index (χ3v) is 5.70. The molecule has 2 nitrogen and oxygen atoms in total. The molecule has 2 fully saturated rings. The molecule has 1 aromatic rings. The van der Waals surface area contributed by atoms with Crippen LogP contribution >= 0.6 is 0 Å². The lowest BCUT2D eigenvalue weighted by Crippen LogP contribution is -2.63. The van der Waals surface area contributed by atoms with E-state index in [1.807, 2.05) is 0 Å². The van der Waals surface area contributed by atoms with Gasteiger partial charge >= 0.3 is 0 Å². The van der Waals surface area contributed by atoms with Crippen LogP contribution in [-0.2, 0) is 6.54 Å². The van der Waals surface area contributed by atoms with E-state index in [0.717, 1.165) is 19.0 Å². The van der Waals surface area contributed by atoms with Gasteiger partial charge in [0.2, 0.25) is 0 Å². The standard InChI is InChI=1S/C19H30N2/c1-5-18-11-20-19(4,17-8-9-17)13-21(18)12-16-7-6-14(2)15(3)10-16/h6-7,10,17-18,20H,5,8-9,11-13H2,1-4H3. The van der Waals surface area contributed by atoms with Crippen LogP contribution in [-0.4, -0.2) is 29.6 Å². The second-order valence-corrected chi connectivity index (χ2v) is 7.46. The maximum atomic E-state index is 3.85. The molecule has 1 saturated carbocycles. The van der Waals surface area contributed by atoms with Gasteiger partial charge < -0.3 is 5.32 Å². The van der Waals surface area contributed by atoms with E-state index in [1.54, 1.807) is 0 Å². The molecule has 2 atom stereocenters. The highest BCUT2D eigenvalue weighted by molar-refractivity contribution is 5.30. The summed E-state index contributed by atoms with van der Waals surface area (Å²) in [6.45, 7) is 12.6. The Morgan fingerprint density at radius 1 is 1.24 bits per heavy atom. The SMILES string of the molecule is CCC1CNC(C)(C2CC2)CN1Cc1ccc(C)c(C)c1. The van der Waals surface area contributed by atoms with Crippen molar-refractivity contribution in [2.45, 2.75) is 65.1 Å². The predicted octanol–water partition coefficient (Wildman–Crippen LogP) is 3.66. The number of nitrogens with zero attached hydrogens (tertiary/aromatic N) is 1. The van der Waals surface area contributed by atoms with Gasteiger partial charge in [0.05, 0.1) is 0 Å². The zero-order valence-electron chi connectivity index (χ0n) is 14.1. The van der Waals surface area contributed by atoms with Crippen molar-refractivity contribution >= 4 is 0 Å². The minimum absolute atomic E-state index is 0.339. The third kappa shape index (κ3) is 3.17. The minimum Gasteiger partial charge on any atom is -0.308 e. The number of hydrogen-bond acceptors (Lipinski definition) is 2. The molecule has 1 aliphatic heterocycles. The lowest BCUT2D eigenvalue weighted by Gasteiger charge is -2.46. The molecule has 2 heteroatoms. The second kappa shape index (κ2) is 5.73. The quantitative estimate of drug-likeness (QED) is 0.909. The average Bonchev–Trinajstić information content (AvgIpc) is 3.28. The summed E-state index contributed by atoms with van der Waals surface area (Å²) < 4.78 is 0. The third-order valence-electron chi connectivity index (χ3n) is 5.70. The number of piperazine rings is 1. The van der Waals surface area contributed by atoms with Gasteiger partial charge in [0, 0.05) is 31.2 Å². The maximum absolute atomic E-state index is 3.85. The minimum atomic E-state index is 0.339. The monoisotopic (exact) mass is 286 g/mol. The number of hydrogen-bond donors (Lipinski definition) is 1. The number of rotatable bonds is 4. The van der Waals surface area contributed by atoms with Crippen molar-refractivity contribution in [2.24, 2.45) is 5.92 Å². The molecule has 1 heterocycles. The highest BCUT2D eigenvalue weighted by Gasteiger charge is 2.45. The highest BCUT2D eigenvalue weighted by atomic mass is 15.3. The Labute approximate surface area is 129 Å². The molecule has 0 amide bonds. The van der Waals surface area contributed by atoms with Crippen molar-refractivity contribution in [2.75, 3.05) is 13.1 Å². The number of benzene rings is 1. The molecular formula is C19H30N2. The van der Waals surface area contributed by atoms with Gasteiger partial charge in [-0.25, -0.2) is 0 Å². The fourth-order valence-electron chi connectivity index (χ4n) is 3.80. The Morgan fingerprint density at radius 3 is 2.62 bits per heavy atom. The summed E-state index contributed by atoms with van der Waals surface area (Å²) in [5, 5.41) is 3.85. The first-order valence-corrected chi connectivity index (χ1v) is 8.57. The Kier molecular flexibility index (Phi) is 4.11. The molecule has 3 rings (SSSR count). The van der Waals surface area contributed by atoms with Crippen LogP contribution in [0, 0.1) is 19.8 Å². The molecule has 1 aliphatic carbocycles. The van der Waals surface area contributed by atoms with Crippen molar-refractivity contribution in [3.63, 3.8) is 0 Å². The van der Waals surface area contributed by atoms with Crippen LogP contribution in [0.1, 0.15) is 49.8 Å². The summed E-state index contributed by atoms with van der Waals surface area (Å²) >= 11 is 0. The van der Waals surface area contributed by atoms with E-state index in [2.05, 4.69) is 56.1 Å². The zero-order valence-corrected chi connectivity index (χ0v) is 14.1. The van der Waals surface area contributed by atoms with Gasteiger partial charge in [0.1, 0.15) is 0 Å². The molecular weight excluding hydrogens is 256 g/mol. The first-order chi connectivity index (χ1) is 10.0. The molecule has 1 N–H and O–H groups in total. The largest absolute Gasteiger partial charge is 0.308 e. The molecule has 2 unspecified atom stereocenters. The van der Waals surface area contributed by atoms with E-state index >= 15 is 0 Å². The summed E-state index contributed by atoms with van der Waals surface area (Å²) in [7, 11) is 0. The van der Waals surface area contributed by atoms with Crippen LogP contribution in [0.5, 0.6) is 0 Å². The summed E-state index contributed by atoms with van der Waals surface area (Å²) in [5.41, 5.74) is 4.62. The lowest BCUT2D eigenvalue weighted by atomic mass is 9.90. The van der Waals surface area contributed by atoms with Crippen LogP contribution < -0.4 is 5.32 Å². The number of nitrogens with one attached hydrogen (secondary N) is 1. The summed E-state index contributed by atoms with van der Waals surface area (Å²) in [6, 6.07) is 7.64. The Bertz CT molecular complexity index is 506. The summed E-state index contributed by atoms with van der Waals surface area (Å²) in [4.78, 5) is 2.72. The van der Waals surface area contributed by atoms with Gasteiger partial charge in [-0.3, -0.25) is 4.90 Å². The fraction of sp³-hybridized carbons (Fsp3) is 0.684. The van der Waals surface area contributed by atoms with E-state index in [-0.39, 0.29) is 0 Å². The van der Waals surface area contributed by atoms with E-state index < -0.39 is 0 Å². The lowest BCUT2D eigenvalue weighted by molar-refractivity contribution is 0.0666. The average molecular weight is 286 g/mol. The van der Waals surface area contributed by atoms with Gasteiger partial charge in [0.25, 0.3) is 0 Å².